The summed E-state index contributed by atoms with van der Waals surface area (Å²) in [6.45, 7) is 6.28. The first kappa shape index (κ1) is 14.8. The maximum atomic E-state index is 11.6. The van der Waals surface area contributed by atoms with Crippen molar-refractivity contribution in [1.29, 1.82) is 0 Å². The molecule has 0 spiro atoms. The molecule has 0 radical (unpaired) electrons. The van der Waals surface area contributed by atoms with Gasteiger partial charge in [-0.1, -0.05) is 19.9 Å². The number of nitrogens with one attached hydrogen (secondary N) is 1. The lowest BCUT2D eigenvalue weighted by Crippen LogP contribution is -2.33. The highest BCUT2D eigenvalue weighted by Gasteiger charge is 2.22. The Hall–Kier alpha value is -1.23. The molecule has 1 aromatic rings. The molecular formula is C13H22N2O2S. The lowest BCUT2D eigenvalue weighted by Gasteiger charge is -2.30. The lowest BCUT2D eigenvalue weighted by atomic mass is 9.95. The molecule has 1 aromatic carbocycles. The van der Waals surface area contributed by atoms with Gasteiger partial charge in [-0.3, -0.25) is 0 Å². The largest absolute Gasteiger partial charge is 0.396 e. The summed E-state index contributed by atoms with van der Waals surface area (Å²) in [5, 5.41) is 3.35. The summed E-state index contributed by atoms with van der Waals surface area (Å²) in [5.41, 5.74) is 6.85. The van der Waals surface area contributed by atoms with Gasteiger partial charge in [-0.25, -0.2) is 8.42 Å². The van der Waals surface area contributed by atoms with Crippen LogP contribution in [-0.2, 0) is 9.84 Å². The Bertz CT molecular complexity index is 520. The van der Waals surface area contributed by atoms with Gasteiger partial charge in [0.1, 0.15) is 0 Å². The normalized spacial score (nSPS) is 12.4. The summed E-state index contributed by atoms with van der Waals surface area (Å²) in [6, 6.07) is 5.06. The van der Waals surface area contributed by atoms with Crippen LogP contribution in [0.5, 0.6) is 0 Å². The lowest BCUT2D eigenvalue weighted by molar-refractivity contribution is 0.478. The van der Waals surface area contributed by atoms with Crippen molar-refractivity contribution in [3.63, 3.8) is 0 Å². The third-order valence-corrected chi connectivity index (χ3v) is 4.62. The van der Waals surface area contributed by atoms with E-state index < -0.39 is 9.84 Å². The Morgan fingerprint density at radius 1 is 1.28 bits per heavy atom. The van der Waals surface area contributed by atoms with Crippen LogP contribution in [0.2, 0.25) is 0 Å². The molecule has 5 heteroatoms. The van der Waals surface area contributed by atoms with Crippen LogP contribution in [0.25, 0.3) is 0 Å². The number of sulfone groups is 1. The van der Waals surface area contributed by atoms with Gasteiger partial charge in [0.15, 0.2) is 9.84 Å². The second-order valence-electron chi connectivity index (χ2n) is 4.88. The van der Waals surface area contributed by atoms with Crippen LogP contribution in [0.15, 0.2) is 23.1 Å². The first-order valence-corrected chi connectivity index (χ1v) is 7.99. The number of benzene rings is 1. The minimum Gasteiger partial charge on any atom is -0.396 e. The third kappa shape index (κ3) is 3.16. The number of nitrogen functional groups attached to an aromatic ring is 1. The first-order valence-electron chi connectivity index (χ1n) is 6.10. The molecule has 0 saturated heterocycles. The highest BCUT2D eigenvalue weighted by Crippen LogP contribution is 2.30. The minimum atomic E-state index is -3.29. The molecule has 4 nitrogen and oxygen atoms in total. The Morgan fingerprint density at radius 3 is 2.28 bits per heavy atom. The molecule has 0 fully saturated rings. The summed E-state index contributed by atoms with van der Waals surface area (Å²) >= 11 is 0. The molecule has 0 unspecified atom stereocenters. The fourth-order valence-electron chi connectivity index (χ4n) is 1.73. The predicted octanol–water partition coefficient (Wildman–Crippen LogP) is 2.66. The van der Waals surface area contributed by atoms with Crippen molar-refractivity contribution < 1.29 is 8.42 Å². The number of para-hydroxylation sites is 1. The van der Waals surface area contributed by atoms with Gasteiger partial charge >= 0.3 is 0 Å². The number of anilines is 2. The van der Waals surface area contributed by atoms with Crippen molar-refractivity contribution in [3.05, 3.63) is 18.2 Å². The van der Waals surface area contributed by atoms with Gasteiger partial charge in [0.05, 0.1) is 16.3 Å². The highest BCUT2D eigenvalue weighted by molar-refractivity contribution is 7.90. The third-order valence-electron chi connectivity index (χ3n) is 3.46. The quantitative estimate of drug-likeness (QED) is 0.807. The second-order valence-corrected chi connectivity index (χ2v) is 6.87. The number of rotatable bonds is 5. The maximum absolute atomic E-state index is 11.6. The van der Waals surface area contributed by atoms with E-state index in [1.165, 1.54) is 12.3 Å². The standard InChI is InChI=1S/C13H22N2O2S/c1-5-13(3,6-2)15-10-8-7-9-11(12(10)14)18(4,16)17/h7-9,15H,5-6,14H2,1-4H3. The zero-order valence-electron chi connectivity index (χ0n) is 11.4. The van der Waals surface area contributed by atoms with E-state index in [9.17, 15) is 8.42 Å². The second kappa shape index (κ2) is 5.18. The van der Waals surface area contributed by atoms with Gasteiger partial charge in [0.2, 0.25) is 0 Å². The van der Waals surface area contributed by atoms with Crippen molar-refractivity contribution in [2.45, 2.75) is 44.0 Å². The van der Waals surface area contributed by atoms with Gasteiger partial charge in [-0.05, 0) is 31.9 Å². The molecule has 0 aliphatic rings. The maximum Gasteiger partial charge on any atom is 0.177 e. The van der Waals surface area contributed by atoms with Crippen molar-refractivity contribution in [2.24, 2.45) is 0 Å². The number of nitrogens with two attached hydrogens (primary N) is 1. The van der Waals surface area contributed by atoms with E-state index in [1.807, 2.05) is 6.07 Å². The average molecular weight is 270 g/mol. The van der Waals surface area contributed by atoms with Crippen molar-refractivity contribution in [2.75, 3.05) is 17.3 Å². The van der Waals surface area contributed by atoms with Crippen LogP contribution in [0.4, 0.5) is 11.4 Å². The van der Waals surface area contributed by atoms with Crippen LogP contribution < -0.4 is 11.1 Å². The molecule has 18 heavy (non-hydrogen) atoms. The number of hydrogen-bond acceptors (Lipinski definition) is 4. The summed E-state index contributed by atoms with van der Waals surface area (Å²) in [4.78, 5) is 0.182. The fraction of sp³-hybridized carbons (Fsp3) is 0.538. The summed E-state index contributed by atoms with van der Waals surface area (Å²) < 4.78 is 23.2. The van der Waals surface area contributed by atoms with E-state index >= 15 is 0 Å². The zero-order valence-corrected chi connectivity index (χ0v) is 12.3. The van der Waals surface area contributed by atoms with E-state index in [4.69, 9.17) is 5.73 Å². The van der Waals surface area contributed by atoms with E-state index in [0.29, 0.717) is 11.4 Å². The van der Waals surface area contributed by atoms with Crippen LogP contribution in [-0.4, -0.2) is 20.2 Å². The Morgan fingerprint density at radius 2 is 1.83 bits per heavy atom. The van der Waals surface area contributed by atoms with E-state index in [-0.39, 0.29) is 10.4 Å². The molecule has 0 atom stereocenters. The van der Waals surface area contributed by atoms with Gasteiger partial charge in [-0.2, -0.15) is 0 Å². The molecule has 0 amide bonds. The Kier molecular flexibility index (Phi) is 4.27. The molecule has 3 N–H and O–H groups in total. The van der Waals surface area contributed by atoms with Gasteiger partial charge in [0.25, 0.3) is 0 Å². The van der Waals surface area contributed by atoms with Crippen LogP contribution >= 0.6 is 0 Å². The predicted molar refractivity (Wildman–Crippen MR) is 76.6 cm³/mol. The summed E-state index contributed by atoms with van der Waals surface area (Å²) in [6.07, 6.45) is 3.04. The van der Waals surface area contributed by atoms with Crippen LogP contribution in [0, 0.1) is 0 Å². The summed E-state index contributed by atoms with van der Waals surface area (Å²) in [7, 11) is -3.29. The molecule has 1 rings (SSSR count). The van der Waals surface area contributed by atoms with Crippen molar-refractivity contribution >= 4 is 21.2 Å². The minimum absolute atomic E-state index is 0.0791. The molecule has 0 aromatic heterocycles. The smallest absolute Gasteiger partial charge is 0.177 e. The SMILES string of the molecule is CCC(C)(CC)Nc1cccc(S(C)(=O)=O)c1N. The van der Waals surface area contributed by atoms with Gasteiger partial charge < -0.3 is 11.1 Å². The molecule has 0 heterocycles. The molecule has 0 saturated carbocycles. The molecular weight excluding hydrogens is 248 g/mol. The van der Waals surface area contributed by atoms with Gasteiger partial charge in [0, 0.05) is 11.8 Å². The summed E-state index contributed by atoms with van der Waals surface area (Å²) in [5.74, 6) is 0. The van der Waals surface area contributed by atoms with E-state index in [2.05, 4.69) is 26.1 Å². The highest BCUT2D eigenvalue weighted by atomic mass is 32.2. The fourth-order valence-corrected chi connectivity index (χ4v) is 2.56. The Labute approximate surface area is 110 Å². The van der Waals surface area contributed by atoms with Crippen molar-refractivity contribution in [1.82, 2.24) is 0 Å². The molecule has 0 aliphatic carbocycles. The molecule has 102 valence electrons. The zero-order chi connectivity index (χ0) is 14.0. The topological polar surface area (TPSA) is 72.2 Å². The first-order chi connectivity index (χ1) is 8.23. The molecule has 0 bridgehead atoms. The van der Waals surface area contributed by atoms with E-state index in [1.54, 1.807) is 6.07 Å². The van der Waals surface area contributed by atoms with Crippen molar-refractivity contribution in [3.8, 4) is 0 Å². The van der Waals surface area contributed by atoms with Crippen LogP contribution in [0.3, 0.4) is 0 Å². The number of hydrogen-bond donors (Lipinski definition) is 2. The van der Waals surface area contributed by atoms with E-state index in [0.717, 1.165) is 12.8 Å². The molecule has 0 aliphatic heterocycles. The van der Waals surface area contributed by atoms with Crippen LogP contribution in [0.1, 0.15) is 33.6 Å². The Balaban J connectivity index is 3.21. The van der Waals surface area contributed by atoms with Gasteiger partial charge in [-0.15, -0.1) is 0 Å². The monoisotopic (exact) mass is 270 g/mol. The average Bonchev–Trinajstić information content (AvgIpc) is 2.30.